The monoisotopic (exact) mass is 394 g/mol. The van der Waals surface area contributed by atoms with Crippen LogP contribution in [0, 0.1) is 13.8 Å². The van der Waals surface area contributed by atoms with Gasteiger partial charge < -0.3 is 15.7 Å². The predicted octanol–water partition coefficient (Wildman–Crippen LogP) is 3.83. The van der Waals surface area contributed by atoms with Gasteiger partial charge in [0, 0.05) is 12.2 Å². The van der Waals surface area contributed by atoms with Crippen molar-refractivity contribution in [1.82, 2.24) is 5.32 Å². The van der Waals surface area contributed by atoms with E-state index in [4.69, 9.17) is 0 Å². The normalized spacial score (nSPS) is 15.9. The fourth-order valence-electron chi connectivity index (χ4n) is 4.10. The smallest absolute Gasteiger partial charge is 0.239 e. The maximum absolute atomic E-state index is 12.2. The number of carbonyl (C=O) groups excluding carboxylic acids is 1. The van der Waals surface area contributed by atoms with Crippen LogP contribution in [0.3, 0.4) is 0 Å². The summed E-state index contributed by atoms with van der Waals surface area (Å²) in [6, 6.07) is 10.6. The molecular formula is C25H34N2O2. The third-order valence-electron chi connectivity index (χ3n) is 5.83. The van der Waals surface area contributed by atoms with Gasteiger partial charge in [0.15, 0.2) is 0 Å². The van der Waals surface area contributed by atoms with Crippen molar-refractivity contribution in [3.63, 3.8) is 0 Å². The Bertz CT molecular complexity index is 873. The lowest BCUT2D eigenvalue weighted by Crippen LogP contribution is -2.31. The highest BCUT2D eigenvalue weighted by molar-refractivity contribution is 5.80. The molecular weight excluding hydrogens is 360 g/mol. The lowest BCUT2D eigenvalue weighted by atomic mass is 9.83. The van der Waals surface area contributed by atoms with Gasteiger partial charge in [0.25, 0.3) is 0 Å². The van der Waals surface area contributed by atoms with Crippen molar-refractivity contribution in [2.45, 2.75) is 65.4 Å². The molecule has 2 aromatic carbocycles. The lowest BCUT2D eigenvalue weighted by molar-refractivity contribution is -0.119. The molecule has 3 N–H and O–H groups in total. The van der Waals surface area contributed by atoms with Crippen LogP contribution in [0.15, 0.2) is 30.3 Å². The number of rotatable bonds is 6. The van der Waals surface area contributed by atoms with Gasteiger partial charge in [0.2, 0.25) is 5.91 Å². The van der Waals surface area contributed by atoms with Crippen molar-refractivity contribution in [3.8, 4) is 0 Å². The van der Waals surface area contributed by atoms with Gasteiger partial charge in [-0.15, -0.1) is 0 Å². The van der Waals surface area contributed by atoms with Crippen molar-refractivity contribution in [2.75, 3.05) is 18.4 Å². The Morgan fingerprint density at radius 2 is 1.72 bits per heavy atom. The maximum atomic E-state index is 12.2. The average molecular weight is 395 g/mol. The fourth-order valence-corrected chi connectivity index (χ4v) is 4.10. The molecule has 0 bridgehead atoms. The minimum absolute atomic E-state index is 0.00727. The molecule has 29 heavy (non-hydrogen) atoms. The summed E-state index contributed by atoms with van der Waals surface area (Å²) < 4.78 is 0. The third kappa shape index (κ3) is 5.39. The number of hydrogen-bond donors (Lipinski definition) is 3. The minimum Gasteiger partial charge on any atom is -0.392 e. The Labute approximate surface area is 174 Å². The predicted molar refractivity (Wildman–Crippen MR) is 120 cm³/mol. The van der Waals surface area contributed by atoms with Gasteiger partial charge in [0.05, 0.1) is 12.6 Å². The van der Waals surface area contributed by atoms with Crippen LogP contribution in [0.4, 0.5) is 5.69 Å². The molecule has 0 aliphatic heterocycles. The molecule has 1 aliphatic carbocycles. The second-order valence-electron chi connectivity index (χ2n) is 9.34. The van der Waals surface area contributed by atoms with E-state index in [0.29, 0.717) is 13.0 Å². The lowest BCUT2D eigenvalue weighted by Gasteiger charge is -2.22. The minimum atomic E-state index is -0.270. The van der Waals surface area contributed by atoms with E-state index in [9.17, 15) is 9.90 Å². The molecule has 1 aliphatic rings. The summed E-state index contributed by atoms with van der Waals surface area (Å²) in [6.45, 7) is 11.9. The number of aryl methyl sites for hydroxylation is 2. The number of anilines is 1. The molecule has 0 radical (unpaired) electrons. The second-order valence-corrected chi connectivity index (χ2v) is 9.34. The summed E-state index contributed by atoms with van der Waals surface area (Å²) in [5, 5.41) is 16.0. The molecule has 0 spiro atoms. The Morgan fingerprint density at radius 1 is 1.07 bits per heavy atom. The zero-order valence-corrected chi connectivity index (χ0v) is 18.4. The largest absolute Gasteiger partial charge is 0.392 e. The first-order valence-electron chi connectivity index (χ1n) is 10.5. The SMILES string of the molecule is Cc1cc(C(C)(C)C)cc(C)c1CCNC(=O)CNc1ccc2c(c1)CC(O)C2. The zero-order chi connectivity index (χ0) is 21.2. The van der Waals surface area contributed by atoms with E-state index < -0.39 is 0 Å². The number of amides is 1. The molecule has 1 unspecified atom stereocenters. The zero-order valence-electron chi connectivity index (χ0n) is 18.4. The molecule has 0 fully saturated rings. The number of aliphatic hydroxyl groups is 1. The highest BCUT2D eigenvalue weighted by Gasteiger charge is 2.19. The fraction of sp³-hybridized carbons (Fsp3) is 0.480. The van der Waals surface area contributed by atoms with E-state index in [0.717, 1.165) is 18.5 Å². The van der Waals surface area contributed by atoms with E-state index in [-0.39, 0.29) is 24.0 Å². The first-order valence-corrected chi connectivity index (χ1v) is 10.5. The first-order chi connectivity index (χ1) is 13.6. The molecule has 0 heterocycles. The topological polar surface area (TPSA) is 61.4 Å². The number of benzene rings is 2. The van der Waals surface area contributed by atoms with Crippen molar-refractivity contribution in [3.05, 3.63) is 63.7 Å². The molecule has 0 saturated carbocycles. The van der Waals surface area contributed by atoms with Crippen LogP contribution in [0.25, 0.3) is 0 Å². The van der Waals surface area contributed by atoms with Crippen LogP contribution in [-0.4, -0.2) is 30.2 Å². The Morgan fingerprint density at radius 3 is 2.38 bits per heavy atom. The van der Waals surface area contributed by atoms with Crippen LogP contribution in [0.2, 0.25) is 0 Å². The van der Waals surface area contributed by atoms with E-state index in [1.165, 1.54) is 33.4 Å². The van der Waals surface area contributed by atoms with Crippen molar-refractivity contribution in [1.29, 1.82) is 0 Å². The number of carbonyl (C=O) groups is 1. The Kier molecular flexibility index (Phi) is 6.33. The van der Waals surface area contributed by atoms with Crippen molar-refractivity contribution >= 4 is 11.6 Å². The Balaban J connectivity index is 1.49. The van der Waals surface area contributed by atoms with Crippen molar-refractivity contribution < 1.29 is 9.90 Å². The van der Waals surface area contributed by atoms with Crippen LogP contribution < -0.4 is 10.6 Å². The van der Waals surface area contributed by atoms with E-state index in [2.05, 4.69) is 57.4 Å². The molecule has 2 aromatic rings. The highest BCUT2D eigenvalue weighted by atomic mass is 16.3. The molecule has 0 saturated heterocycles. The summed E-state index contributed by atoms with van der Waals surface area (Å²) in [7, 11) is 0. The van der Waals surface area contributed by atoms with Gasteiger partial charge in [-0.05, 0) is 84.0 Å². The van der Waals surface area contributed by atoms with Gasteiger partial charge in [0.1, 0.15) is 0 Å². The van der Waals surface area contributed by atoms with E-state index >= 15 is 0 Å². The van der Waals surface area contributed by atoms with Gasteiger partial charge >= 0.3 is 0 Å². The van der Waals surface area contributed by atoms with Gasteiger partial charge in [-0.2, -0.15) is 0 Å². The number of aliphatic hydroxyl groups excluding tert-OH is 1. The first kappa shape index (κ1) is 21.4. The summed E-state index contributed by atoms with van der Waals surface area (Å²) in [5.74, 6) is -0.00727. The van der Waals surface area contributed by atoms with Gasteiger partial charge in [-0.3, -0.25) is 4.79 Å². The second kappa shape index (κ2) is 8.58. The van der Waals surface area contributed by atoms with E-state index in [1.54, 1.807) is 0 Å². The van der Waals surface area contributed by atoms with Crippen LogP contribution in [0.1, 0.15) is 54.2 Å². The molecule has 0 aromatic heterocycles. The third-order valence-corrected chi connectivity index (χ3v) is 5.83. The van der Waals surface area contributed by atoms with E-state index in [1.807, 2.05) is 18.2 Å². The Hall–Kier alpha value is -2.33. The van der Waals surface area contributed by atoms with Crippen LogP contribution in [0.5, 0.6) is 0 Å². The molecule has 4 heteroatoms. The average Bonchev–Trinajstić information content (AvgIpc) is 3.00. The van der Waals surface area contributed by atoms with Gasteiger partial charge in [-0.1, -0.05) is 39.0 Å². The summed E-state index contributed by atoms with van der Waals surface area (Å²) >= 11 is 0. The van der Waals surface area contributed by atoms with Crippen LogP contribution >= 0.6 is 0 Å². The standard InChI is InChI=1S/C25H34N2O2/c1-16-10-20(25(3,4)5)11-17(2)23(16)8-9-26-24(29)15-27-21-7-6-18-13-22(28)14-19(18)12-21/h6-7,10-12,22,27-28H,8-9,13-15H2,1-5H3,(H,26,29). The molecule has 4 nitrogen and oxygen atoms in total. The number of fused-ring (bicyclic) bond motifs is 1. The molecule has 1 amide bonds. The molecule has 3 rings (SSSR count). The molecule has 156 valence electrons. The summed E-state index contributed by atoms with van der Waals surface area (Å²) in [5.41, 5.74) is 8.71. The van der Waals surface area contributed by atoms with Crippen LogP contribution in [-0.2, 0) is 29.5 Å². The highest BCUT2D eigenvalue weighted by Crippen LogP contribution is 2.27. The summed E-state index contributed by atoms with van der Waals surface area (Å²) in [4.78, 5) is 12.2. The number of nitrogens with one attached hydrogen (secondary N) is 2. The quantitative estimate of drug-likeness (QED) is 0.698. The summed E-state index contributed by atoms with van der Waals surface area (Å²) in [6.07, 6.45) is 1.99. The molecule has 1 atom stereocenters. The van der Waals surface area contributed by atoms with Gasteiger partial charge in [-0.25, -0.2) is 0 Å². The number of hydrogen-bond acceptors (Lipinski definition) is 3. The van der Waals surface area contributed by atoms with Crippen molar-refractivity contribution in [2.24, 2.45) is 0 Å². The maximum Gasteiger partial charge on any atom is 0.239 e.